The monoisotopic (exact) mass is 293 g/mol. The molecular formula is C16H24FN3O. The lowest BCUT2D eigenvalue weighted by atomic mass is 10.1. The fourth-order valence-corrected chi connectivity index (χ4v) is 2.85. The molecule has 0 aromatic heterocycles. The number of carbonyl (C=O) groups excluding carboxylic acids is 1. The lowest BCUT2D eigenvalue weighted by Gasteiger charge is -2.41. The molecule has 1 aliphatic heterocycles. The summed E-state index contributed by atoms with van der Waals surface area (Å²) in [6.45, 7) is 7.10. The molecule has 0 bridgehead atoms. The minimum atomic E-state index is -0.279. The van der Waals surface area contributed by atoms with Gasteiger partial charge < -0.3 is 10.2 Å². The summed E-state index contributed by atoms with van der Waals surface area (Å²) < 4.78 is 13.5. The number of nitrogens with zero attached hydrogens (tertiary/aromatic N) is 2. The lowest BCUT2D eigenvalue weighted by molar-refractivity contribution is -0.127. The normalized spacial score (nSPS) is 22.0. The van der Waals surface area contributed by atoms with E-state index in [0.29, 0.717) is 11.6 Å². The molecule has 1 N–H and O–H groups in total. The zero-order chi connectivity index (χ0) is 15.4. The largest absolute Gasteiger partial charge is 0.351 e. The molecule has 5 heteroatoms. The number of rotatable bonds is 4. The number of halogens is 1. The van der Waals surface area contributed by atoms with Crippen molar-refractivity contribution in [3.05, 3.63) is 35.6 Å². The van der Waals surface area contributed by atoms with Crippen LogP contribution in [0, 0.1) is 5.82 Å². The number of likely N-dealkylation sites (N-methyl/N-ethyl adjacent to an activating group) is 1. The van der Waals surface area contributed by atoms with E-state index in [1.807, 2.05) is 6.92 Å². The Hall–Kier alpha value is -1.46. The highest BCUT2D eigenvalue weighted by molar-refractivity contribution is 5.81. The molecule has 1 aliphatic rings. The van der Waals surface area contributed by atoms with Gasteiger partial charge in [0.2, 0.25) is 5.91 Å². The second kappa shape index (κ2) is 7.00. The molecule has 1 saturated heterocycles. The van der Waals surface area contributed by atoms with Crippen molar-refractivity contribution in [3.8, 4) is 0 Å². The Morgan fingerprint density at radius 1 is 1.43 bits per heavy atom. The molecule has 0 spiro atoms. The van der Waals surface area contributed by atoms with E-state index in [-0.39, 0.29) is 24.3 Å². The fraction of sp³-hybridized carbons (Fsp3) is 0.562. The van der Waals surface area contributed by atoms with Gasteiger partial charge in [-0.2, -0.15) is 0 Å². The first kappa shape index (κ1) is 15.9. The van der Waals surface area contributed by atoms with Crippen LogP contribution in [0.1, 0.15) is 19.4 Å². The first-order chi connectivity index (χ1) is 9.99. The summed E-state index contributed by atoms with van der Waals surface area (Å²) >= 11 is 0. The summed E-state index contributed by atoms with van der Waals surface area (Å²) in [4.78, 5) is 16.7. The molecular weight excluding hydrogens is 269 g/mol. The molecule has 2 atom stereocenters. The fourth-order valence-electron chi connectivity index (χ4n) is 2.85. The van der Waals surface area contributed by atoms with E-state index in [4.69, 9.17) is 0 Å². The molecule has 0 radical (unpaired) electrons. The van der Waals surface area contributed by atoms with E-state index in [0.717, 1.165) is 19.6 Å². The van der Waals surface area contributed by atoms with E-state index in [1.165, 1.54) is 6.07 Å². The van der Waals surface area contributed by atoms with Crippen LogP contribution in [0.25, 0.3) is 0 Å². The van der Waals surface area contributed by atoms with Crippen LogP contribution in [-0.4, -0.2) is 54.5 Å². The van der Waals surface area contributed by atoms with Gasteiger partial charge in [-0.05, 0) is 27.0 Å². The summed E-state index contributed by atoms with van der Waals surface area (Å²) in [6.07, 6.45) is 0. The topological polar surface area (TPSA) is 35.6 Å². The van der Waals surface area contributed by atoms with Crippen LogP contribution in [0.15, 0.2) is 24.3 Å². The Balaban J connectivity index is 1.89. The minimum absolute atomic E-state index is 0.0466. The van der Waals surface area contributed by atoms with Crippen molar-refractivity contribution >= 4 is 5.91 Å². The Morgan fingerprint density at radius 3 is 2.81 bits per heavy atom. The minimum Gasteiger partial charge on any atom is -0.351 e. The molecule has 1 aromatic rings. The van der Waals surface area contributed by atoms with Crippen molar-refractivity contribution in [2.24, 2.45) is 0 Å². The summed E-state index contributed by atoms with van der Waals surface area (Å²) in [5.41, 5.74) is 0.518. The van der Waals surface area contributed by atoms with Crippen LogP contribution < -0.4 is 5.32 Å². The van der Waals surface area contributed by atoms with Crippen molar-refractivity contribution in [1.29, 1.82) is 0 Å². The van der Waals surface area contributed by atoms with Gasteiger partial charge in [-0.3, -0.25) is 9.69 Å². The highest BCUT2D eigenvalue weighted by atomic mass is 19.1. The third kappa shape index (κ3) is 4.02. The number of amides is 1. The van der Waals surface area contributed by atoms with Gasteiger partial charge in [-0.15, -0.1) is 0 Å². The third-order valence-electron chi connectivity index (χ3n) is 4.17. The van der Waals surface area contributed by atoms with E-state index in [2.05, 4.69) is 29.1 Å². The highest BCUT2D eigenvalue weighted by Crippen LogP contribution is 2.12. The Morgan fingerprint density at radius 2 is 2.14 bits per heavy atom. The molecule has 0 aliphatic carbocycles. The maximum absolute atomic E-state index is 13.5. The number of benzene rings is 1. The summed E-state index contributed by atoms with van der Waals surface area (Å²) in [5, 5.41) is 2.83. The molecule has 1 amide bonds. The average molecular weight is 293 g/mol. The number of nitrogens with one attached hydrogen (secondary N) is 1. The quantitative estimate of drug-likeness (QED) is 0.913. The van der Waals surface area contributed by atoms with Gasteiger partial charge in [-0.25, -0.2) is 4.39 Å². The summed E-state index contributed by atoms with van der Waals surface area (Å²) in [5.74, 6) is -0.326. The van der Waals surface area contributed by atoms with E-state index in [9.17, 15) is 9.18 Å². The van der Waals surface area contributed by atoms with Gasteiger partial charge >= 0.3 is 0 Å². The first-order valence-electron chi connectivity index (χ1n) is 7.44. The second-order valence-electron chi connectivity index (χ2n) is 5.83. The Kier molecular flexibility index (Phi) is 5.31. The van der Waals surface area contributed by atoms with Crippen molar-refractivity contribution in [3.63, 3.8) is 0 Å². The maximum atomic E-state index is 13.5. The second-order valence-corrected chi connectivity index (χ2v) is 5.83. The maximum Gasteiger partial charge on any atom is 0.237 e. The van der Waals surface area contributed by atoms with Crippen molar-refractivity contribution in [2.45, 2.75) is 32.5 Å². The zero-order valence-corrected chi connectivity index (χ0v) is 13.0. The van der Waals surface area contributed by atoms with Gasteiger partial charge in [0.25, 0.3) is 0 Å². The van der Waals surface area contributed by atoms with E-state index >= 15 is 0 Å². The van der Waals surface area contributed by atoms with Gasteiger partial charge in [0.05, 0.1) is 6.04 Å². The first-order valence-corrected chi connectivity index (χ1v) is 7.44. The van der Waals surface area contributed by atoms with E-state index in [1.54, 1.807) is 18.2 Å². The van der Waals surface area contributed by atoms with Crippen LogP contribution in [-0.2, 0) is 11.3 Å². The SMILES string of the molecule is C[C@@H]1CN(C)CCN1[C@@H](C)C(=O)NCc1ccccc1F. The van der Waals surface area contributed by atoms with Crippen molar-refractivity contribution in [2.75, 3.05) is 26.7 Å². The molecule has 1 fully saturated rings. The zero-order valence-electron chi connectivity index (χ0n) is 13.0. The van der Waals surface area contributed by atoms with Crippen LogP contribution in [0.4, 0.5) is 4.39 Å². The molecule has 116 valence electrons. The van der Waals surface area contributed by atoms with Gasteiger partial charge in [-0.1, -0.05) is 18.2 Å². The molecule has 1 heterocycles. The molecule has 0 saturated carbocycles. The van der Waals surface area contributed by atoms with Gasteiger partial charge in [0.1, 0.15) is 5.82 Å². The Labute approximate surface area is 125 Å². The van der Waals surface area contributed by atoms with Crippen LogP contribution >= 0.6 is 0 Å². The number of piperazine rings is 1. The predicted molar refractivity (Wildman–Crippen MR) is 81.4 cm³/mol. The lowest BCUT2D eigenvalue weighted by Crippen LogP contribution is -2.57. The highest BCUT2D eigenvalue weighted by Gasteiger charge is 2.29. The Bertz CT molecular complexity index is 494. The molecule has 21 heavy (non-hydrogen) atoms. The van der Waals surface area contributed by atoms with E-state index < -0.39 is 0 Å². The number of hydrogen-bond acceptors (Lipinski definition) is 3. The molecule has 0 unspecified atom stereocenters. The van der Waals surface area contributed by atoms with Crippen LogP contribution in [0.3, 0.4) is 0 Å². The standard InChI is InChI=1S/C16H24FN3O/c1-12-11-19(3)8-9-20(12)13(2)16(21)18-10-14-6-4-5-7-15(14)17/h4-7,12-13H,8-11H2,1-3H3,(H,18,21)/t12-,13+/m1/s1. The third-order valence-corrected chi connectivity index (χ3v) is 4.17. The van der Waals surface area contributed by atoms with Gasteiger partial charge in [0, 0.05) is 37.8 Å². The summed E-state index contributed by atoms with van der Waals surface area (Å²) in [7, 11) is 2.09. The molecule has 2 rings (SSSR count). The predicted octanol–water partition coefficient (Wildman–Crippen LogP) is 1.47. The van der Waals surface area contributed by atoms with Gasteiger partial charge in [0.15, 0.2) is 0 Å². The smallest absolute Gasteiger partial charge is 0.237 e. The van der Waals surface area contributed by atoms with Crippen LogP contribution in [0.2, 0.25) is 0 Å². The van der Waals surface area contributed by atoms with Crippen molar-refractivity contribution in [1.82, 2.24) is 15.1 Å². The number of carbonyl (C=O) groups is 1. The van der Waals surface area contributed by atoms with Crippen molar-refractivity contribution < 1.29 is 9.18 Å². The van der Waals surface area contributed by atoms with Crippen LogP contribution in [0.5, 0.6) is 0 Å². The molecule has 4 nitrogen and oxygen atoms in total. The summed E-state index contributed by atoms with van der Waals surface area (Å²) in [6, 6.07) is 6.68. The molecule has 1 aromatic carbocycles. The average Bonchev–Trinajstić information content (AvgIpc) is 2.45. The number of hydrogen-bond donors (Lipinski definition) is 1.